The van der Waals surface area contributed by atoms with Crippen LogP contribution in [-0.4, -0.2) is 40.8 Å². The minimum Gasteiger partial charge on any atom is -0.497 e. The molecule has 40 heavy (non-hydrogen) atoms. The van der Waals surface area contributed by atoms with Crippen LogP contribution in [0.1, 0.15) is 0 Å². The molecule has 0 aliphatic rings. The first kappa shape index (κ1) is 30.2. The van der Waals surface area contributed by atoms with E-state index in [0.717, 1.165) is 9.79 Å². The van der Waals surface area contributed by atoms with Crippen LogP contribution in [0.5, 0.6) is 23.0 Å². The number of hydrogen-bond acceptors (Lipinski definition) is 8. The SMILES string of the molecule is COc1ccc(OC)c(P(=O)(CCP(=O)(Sc2ccccc2)c2cc(OC)ccc2OC)Sc2ccccc2)c1. The maximum absolute atomic E-state index is 15.1. The Hall–Kier alpha value is -2.76. The van der Waals surface area contributed by atoms with Crippen LogP contribution >= 0.6 is 35.5 Å². The van der Waals surface area contributed by atoms with Crippen molar-refractivity contribution < 1.29 is 28.1 Å². The molecule has 6 nitrogen and oxygen atoms in total. The summed E-state index contributed by atoms with van der Waals surface area (Å²) in [6, 6.07) is 29.8. The molecule has 4 aromatic carbocycles. The molecule has 0 aliphatic heterocycles. The van der Waals surface area contributed by atoms with Crippen molar-refractivity contribution in [1.82, 2.24) is 0 Å². The molecule has 4 rings (SSSR count). The maximum atomic E-state index is 15.1. The second-order valence-electron chi connectivity index (χ2n) is 8.68. The van der Waals surface area contributed by atoms with E-state index >= 15 is 9.13 Å². The van der Waals surface area contributed by atoms with Gasteiger partial charge in [-0.15, -0.1) is 0 Å². The third-order valence-corrected chi connectivity index (χ3v) is 17.2. The summed E-state index contributed by atoms with van der Waals surface area (Å²) in [5.41, 5.74) is 0. The van der Waals surface area contributed by atoms with E-state index in [9.17, 15) is 0 Å². The van der Waals surface area contributed by atoms with Crippen LogP contribution in [0.4, 0.5) is 0 Å². The van der Waals surface area contributed by atoms with Gasteiger partial charge in [-0.1, -0.05) is 59.2 Å². The third kappa shape index (κ3) is 7.11. The summed E-state index contributed by atoms with van der Waals surface area (Å²) in [4.78, 5) is 1.69. The molecule has 0 N–H and O–H groups in total. The fraction of sp³-hybridized carbons (Fsp3) is 0.200. The molecule has 2 unspecified atom stereocenters. The van der Waals surface area contributed by atoms with Gasteiger partial charge in [-0.2, -0.15) is 0 Å². The fourth-order valence-electron chi connectivity index (χ4n) is 4.12. The standard InChI is InChI=1S/C30H32O6P2S2/c1-33-23-15-17-27(35-3)29(21-23)37(31,39-25-11-7-5-8-12-25)19-20-38(32,40-26-13-9-6-10-14-26)30-22-24(34-2)16-18-28(30)36-4/h5-18,21-22H,19-20H2,1-4H3. The van der Waals surface area contributed by atoms with Crippen LogP contribution in [0.3, 0.4) is 0 Å². The Morgan fingerprint density at radius 1 is 0.525 bits per heavy atom. The van der Waals surface area contributed by atoms with Gasteiger partial charge in [0.1, 0.15) is 23.0 Å². The molecule has 0 radical (unpaired) electrons. The lowest BCUT2D eigenvalue weighted by Crippen LogP contribution is -2.15. The second-order valence-corrected chi connectivity index (χ2v) is 19.2. The van der Waals surface area contributed by atoms with E-state index in [4.69, 9.17) is 18.9 Å². The molecule has 2 atom stereocenters. The Morgan fingerprint density at radius 2 is 0.900 bits per heavy atom. The van der Waals surface area contributed by atoms with Crippen LogP contribution in [-0.2, 0) is 9.13 Å². The molecule has 4 aromatic rings. The van der Waals surface area contributed by atoms with E-state index < -0.39 is 12.7 Å². The zero-order chi connectivity index (χ0) is 28.6. The van der Waals surface area contributed by atoms with Crippen molar-refractivity contribution in [1.29, 1.82) is 0 Å². The topological polar surface area (TPSA) is 71.1 Å². The van der Waals surface area contributed by atoms with E-state index in [1.807, 2.05) is 60.7 Å². The quantitative estimate of drug-likeness (QED) is 0.141. The molecule has 0 fully saturated rings. The molecule has 0 saturated heterocycles. The lowest BCUT2D eigenvalue weighted by Gasteiger charge is -2.25. The lowest BCUT2D eigenvalue weighted by atomic mass is 10.3. The molecule has 210 valence electrons. The Bertz CT molecular complexity index is 1400. The highest BCUT2D eigenvalue weighted by Gasteiger charge is 2.37. The number of hydrogen-bond donors (Lipinski definition) is 0. The maximum Gasteiger partial charge on any atom is 0.175 e. The van der Waals surface area contributed by atoms with Gasteiger partial charge in [-0.05, 0) is 60.7 Å². The molecular weight excluding hydrogens is 582 g/mol. The van der Waals surface area contributed by atoms with Crippen molar-refractivity contribution in [3.63, 3.8) is 0 Å². The predicted octanol–water partition coefficient (Wildman–Crippen LogP) is 7.81. The zero-order valence-corrected chi connectivity index (χ0v) is 26.2. The van der Waals surface area contributed by atoms with Crippen LogP contribution < -0.4 is 29.6 Å². The van der Waals surface area contributed by atoms with Crippen LogP contribution in [0.15, 0.2) is 107 Å². The lowest BCUT2D eigenvalue weighted by molar-refractivity contribution is 0.405. The van der Waals surface area contributed by atoms with E-state index in [0.29, 0.717) is 33.6 Å². The molecule has 0 heterocycles. The van der Waals surface area contributed by atoms with E-state index in [1.54, 1.807) is 64.8 Å². The van der Waals surface area contributed by atoms with Gasteiger partial charge in [-0.25, -0.2) is 0 Å². The largest absolute Gasteiger partial charge is 0.497 e. The fourth-order valence-corrected chi connectivity index (χ4v) is 16.2. The monoisotopic (exact) mass is 614 g/mol. The number of ether oxygens (including phenoxy) is 4. The van der Waals surface area contributed by atoms with Crippen LogP contribution in [0.25, 0.3) is 0 Å². The average molecular weight is 615 g/mol. The number of benzene rings is 4. The molecular formula is C30H32O6P2S2. The van der Waals surface area contributed by atoms with E-state index in [2.05, 4.69) is 0 Å². The van der Waals surface area contributed by atoms with E-state index in [-0.39, 0.29) is 12.3 Å². The number of rotatable bonds is 13. The van der Waals surface area contributed by atoms with Gasteiger partial charge in [-0.3, -0.25) is 0 Å². The van der Waals surface area contributed by atoms with Crippen molar-refractivity contribution in [3.05, 3.63) is 97.1 Å². The van der Waals surface area contributed by atoms with Gasteiger partial charge in [0.2, 0.25) is 0 Å². The van der Waals surface area contributed by atoms with Crippen molar-refractivity contribution in [2.45, 2.75) is 9.79 Å². The van der Waals surface area contributed by atoms with Crippen molar-refractivity contribution >= 4 is 46.1 Å². The first-order chi connectivity index (χ1) is 19.3. The van der Waals surface area contributed by atoms with Gasteiger partial charge in [0.15, 0.2) is 12.7 Å². The highest BCUT2D eigenvalue weighted by atomic mass is 32.7. The molecule has 0 amide bonds. The predicted molar refractivity (Wildman–Crippen MR) is 168 cm³/mol. The minimum atomic E-state index is -3.30. The summed E-state index contributed by atoms with van der Waals surface area (Å²) < 4.78 is 52.4. The highest BCUT2D eigenvalue weighted by molar-refractivity contribution is 8.61. The molecule has 0 saturated carbocycles. The minimum absolute atomic E-state index is 0.146. The normalized spacial score (nSPS) is 14.0. The van der Waals surface area contributed by atoms with Gasteiger partial charge in [0.05, 0.1) is 39.0 Å². The summed E-state index contributed by atoms with van der Waals surface area (Å²) in [5, 5.41) is 1.08. The Kier molecular flexibility index (Phi) is 10.4. The summed E-state index contributed by atoms with van der Waals surface area (Å²) in [7, 11) is 6.25. The first-order valence-electron chi connectivity index (χ1n) is 12.5. The summed E-state index contributed by atoms with van der Waals surface area (Å²) in [5.74, 6) is 2.14. The van der Waals surface area contributed by atoms with E-state index in [1.165, 1.54) is 22.8 Å². The summed E-state index contributed by atoms with van der Waals surface area (Å²) in [6.07, 6.45) is -6.30. The number of methoxy groups -OCH3 is 4. The molecule has 0 aliphatic carbocycles. The third-order valence-electron chi connectivity index (χ3n) is 6.19. The van der Waals surface area contributed by atoms with Gasteiger partial charge in [0.25, 0.3) is 0 Å². The average Bonchev–Trinajstić information content (AvgIpc) is 3.00. The Labute approximate surface area is 244 Å². The van der Waals surface area contributed by atoms with Crippen molar-refractivity contribution in [3.8, 4) is 23.0 Å². The van der Waals surface area contributed by atoms with Crippen LogP contribution in [0.2, 0.25) is 0 Å². The molecule has 0 aromatic heterocycles. The van der Waals surface area contributed by atoms with Gasteiger partial charge in [0, 0.05) is 22.1 Å². The van der Waals surface area contributed by atoms with Crippen LogP contribution in [0, 0.1) is 0 Å². The molecule has 0 bridgehead atoms. The zero-order valence-electron chi connectivity index (χ0n) is 22.8. The molecule has 10 heteroatoms. The van der Waals surface area contributed by atoms with Gasteiger partial charge < -0.3 is 28.1 Å². The summed E-state index contributed by atoms with van der Waals surface area (Å²) in [6.45, 7) is 0. The molecule has 0 spiro atoms. The second kappa shape index (κ2) is 13.7. The highest BCUT2D eigenvalue weighted by Crippen LogP contribution is 2.68. The first-order valence-corrected chi connectivity index (χ1v) is 19.1. The van der Waals surface area contributed by atoms with Crippen molar-refractivity contribution in [2.75, 3.05) is 40.8 Å². The van der Waals surface area contributed by atoms with Crippen molar-refractivity contribution in [2.24, 2.45) is 0 Å². The Morgan fingerprint density at radius 3 is 1.23 bits per heavy atom. The summed E-state index contributed by atoms with van der Waals surface area (Å²) >= 11 is 2.57. The Balaban J connectivity index is 1.83. The smallest absolute Gasteiger partial charge is 0.175 e. The van der Waals surface area contributed by atoms with Gasteiger partial charge >= 0.3 is 0 Å².